The van der Waals surface area contributed by atoms with Crippen molar-refractivity contribution in [3.05, 3.63) is 0 Å². The number of hydrogen-bond donors (Lipinski definition) is 0. The van der Waals surface area contributed by atoms with Gasteiger partial charge >= 0.3 is 0 Å². The molecule has 0 aromatic carbocycles. The Kier molecular flexibility index (Phi) is 7.10. The standard InChI is InChI=1S/C11H19NO/c1-4-7-9-12(10-8-5-2)11(13)6-3/h3H,4-5,7-10H2,1-2H3. The summed E-state index contributed by atoms with van der Waals surface area (Å²) in [5.74, 6) is 2.00. The number of carbonyl (C=O) groups excluding carboxylic acids is 1. The third-order valence-corrected chi connectivity index (χ3v) is 1.97. The van der Waals surface area contributed by atoms with Crippen LogP contribution in [0.25, 0.3) is 0 Å². The van der Waals surface area contributed by atoms with Gasteiger partial charge in [0.15, 0.2) is 0 Å². The Morgan fingerprint density at radius 3 is 2.00 bits per heavy atom. The quantitative estimate of drug-likeness (QED) is 0.574. The van der Waals surface area contributed by atoms with Crippen LogP contribution in [-0.2, 0) is 4.79 Å². The number of terminal acetylenes is 1. The van der Waals surface area contributed by atoms with Gasteiger partial charge in [0.2, 0.25) is 0 Å². The van der Waals surface area contributed by atoms with Crippen molar-refractivity contribution in [3.8, 4) is 12.3 Å². The molecule has 0 N–H and O–H groups in total. The molecule has 0 saturated carbocycles. The number of nitrogens with zero attached hydrogens (tertiary/aromatic N) is 1. The normalized spacial score (nSPS) is 9.31. The minimum Gasteiger partial charge on any atom is -0.332 e. The fraction of sp³-hybridized carbons (Fsp3) is 0.727. The molecule has 0 fully saturated rings. The zero-order valence-electron chi connectivity index (χ0n) is 8.68. The van der Waals surface area contributed by atoms with Crippen LogP contribution in [0.5, 0.6) is 0 Å². The number of carbonyl (C=O) groups is 1. The molecular weight excluding hydrogens is 162 g/mol. The maximum atomic E-state index is 11.2. The molecular formula is C11H19NO. The Bertz CT molecular complexity index is 173. The van der Waals surface area contributed by atoms with Crippen LogP contribution in [0.3, 0.4) is 0 Å². The fourth-order valence-corrected chi connectivity index (χ4v) is 1.10. The van der Waals surface area contributed by atoms with Gasteiger partial charge in [-0.1, -0.05) is 26.7 Å². The predicted octanol–water partition coefficient (Wildman–Crippen LogP) is 2.05. The molecule has 0 saturated heterocycles. The first kappa shape index (κ1) is 12.0. The van der Waals surface area contributed by atoms with Gasteiger partial charge in [-0.15, -0.1) is 6.42 Å². The summed E-state index contributed by atoms with van der Waals surface area (Å²) in [6.07, 6.45) is 9.35. The van der Waals surface area contributed by atoms with E-state index in [0.717, 1.165) is 38.8 Å². The summed E-state index contributed by atoms with van der Waals surface area (Å²) in [6, 6.07) is 0. The van der Waals surface area contributed by atoms with Gasteiger partial charge in [-0.05, 0) is 18.8 Å². The van der Waals surface area contributed by atoms with Crippen LogP contribution >= 0.6 is 0 Å². The van der Waals surface area contributed by atoms with E-state index in [1.165, 1.54) is 0 Å². The highest BCUT2D eigenvalue weighted by Crippen LogP contribution is 1.99. The third-order valence-electron chi connectivity index (χ3n) is 1.97. The zero-order chi connectivity index (χ0) is 10.1. The average molecular weight is 181 g/mol. The van der Waals surface area contributed by atoms with E-state index in [9.17, 15) is 4.79 Å². The van der Waals surface area contributed by atoms with Crippen LogP contribution in [0.2, 0.25) is 0 Å². The summed E-state index contributed by atoms with van der Waals surface area (Å²) in [4.78, 5) is 13.0. The summed E-state index contributed by atoms with van der Waals surface area (Å²) in [6.45, 7) is 5.83. The van der Waals surface area contributed by atoms with Crippen molar-refractivity contribution in [2.24, 2.45) is 0 Å². The van der Waals surface area contributed by atoms with Gasteiger partial charge in [-0.2, -0.15) is 0 Å². The summed E-state index contributed by atoms with van der Waals surface area (Å²) < 4.78 is 0. The molecule has 13 heavy (non-hydrogen) atoms. The van der Waals surface area contributed by atoms with Crippen molar-refractivity contribution in [3.63, 3.8) is 0 Å². The van der Waals surface area contributed by atoms with Crippen LogP contribution in [0.4, 0.5) is 0 Å². The third kappa shape index (κ3) is 5.30. The molecule has 0 unspecified atom stereocenters. The zero-order valence-corrected chi connectivity index (χ0v) is 8.68. The molecule has 0 spiro atoms. The van der Waals surface area contributed by atoms with Crippen molar-refractivity contribution in [1.29, 1.82) is 0 Å². The van der Waals surface area contributed by atoms with Gasteiger partial charge in [0, 0.05) is 13.1 Å². The molecule has 1 amide bonds. The lowest BCUT2D eigenvalue weighted by molar-refractivity contribution is -0.125. The maximum absolute atomic E-state index is 11.2. The van der Waals surface area contributed by atoms with Crippen LogP contribution in [0, 0.1) is 12.3 Å². The van der Waals surface area contributed by atoms with Crippen LogP contribution in [-0.4, -0.2) is 23.9 Å². The fourth-order valence-electron chi connectivity index (χ4n) is 1.10. The summed E-state index contributed by atoms with van der Waals surface area (Å²) in [5.41, 5.74) is 0. The molecule has 74 valence electrons. The molecule has 0 rings (SSSR count). The topological polar surface area (TPSA) is 20.3 Å². The van der Waals surface area contributed by atoms with Crippen LogP contribution < -0.4 is 0 Å². The van der Waals surface area contributed by atoms with E-state index in [2.05, 4.69) is 19.8 Å². The molecule has 0 atom stereocenters. The minimum atomic E-state index is -0.165. The van der Waals surface area contributed by atoms with Crippen molar-refractivity contribution < 1.29 is 4.79 Å². The van der Waals surface area contributed by atoms with E-state index in [1.54, 1.807) is 4.90 Å². The second-order valence-corrected chi connectivity index (χ2v) is 3.14. The minimum absolute atomic E-state index is 0.165. The van der Waals surface area contributed by atoms with Gasteiger partial charge in [0.05, 0.1) is 0 Å². The maximum Gasteiger partial charge on any atom is 0.298 e. The number of unbranched alkanes of at least 4 members (excludes halogenated alkanes) is 2. The van der Waals surface area contributed by atoms with E-state index in [0.29, 0.717) is 0 Å². The SMILES string of the molecule is C#CC(=O)N(CCCC)CCCC. The number of hydrogen-bond acceptors (Lipinski definition) is 1. The van der Waals surface area contributed by atoms with Crippen molar-refractivity contribution in [1.82, 2.24) is 4.90 Å². The van der Waals surface area contributed by atoms with Gasteiger partial charge in [-0.3, -0.25) is 4.79 Å². The summed E-state index contributed by atoms with van der Waals surface area (Å²) in [7, 11) is 0. The van der Waals surface area contributed by atoms with Crippen LogP contribution in [0.1, 0.15) is 39.5 Å². The smallest absolute Gasteiger partial charge is 0.298 e. The van der Waals surface area contributed by atoms with E-state index in [1.807, 2.05) is 0 Å². The Morgan fingerprint density at radius 2 is 1.69 bits per heavy atom. The first-order valence-corrected chi connectivity index (χ1v) is 5.01. The molecule has 0 aliphatic heterocycles. The van der Waals surface area contributed by atoms with Gasteiger partial charge < -0.3 is 4.90 Å². The Labute approximate surface area is 81.3 Å². The molecule has 0 heterocycles. The molecule has 0 radical (unpaired) electrons. The molecule has 0 aliphatic carbocycles. The molecule has 0 aromatic rings. The van der Waals surface area contributed by atoms with E-state index in [-0.39, 0.29) is 5.91 Å². The molecule has 2 nitrogen and oxygen atoms in total. The lowest BCUT2D eigenvalue weighted by Crippen LogP contribution is -2.31. The second-order valence-electron chi connectivity index (χ2n) is 3.14. The van der Waals surface area contributed by atoms with Crippen molar-refractivity contribution in [2.45, 2.75) is 39.5 Å². The van der Waals surface area contributed by atoms with E-state index < -0.39 is 0 Å². The molecule has 0 aromatic heterocycles. The molecule has 0 bridgehead atoms. The highest BCUT2D eigenvalue weighted by atomic mass is 16.2. The van der Waals surface area contributed by atoms with Crippen molar-refractivity contribution in [2.75, 3.05) is 13.1 Å². The highest BCUT2D eigenvalue weighted by molar-refractivity contribution is 5.92. The molecule has 2 heteroatoms. The molecule has 0 aliphatic rings. The van der Waals surface area contributed by atoms with E-state index >= 15 is 0 Å². The Hall–Kier alpha value is -0.970. The van der Waals surface area contributed by atoms with Gasteiger partial charge in [-0.25, -0.2) is 0 Å². The van der Waals surface area contributed by atoms with Gasteiger partial charge in [0.1, 0.15) is 0 Å². The second kappa shape index (κ2) is 7.67. The number of rotatable bonds is 6. The summed E-state index contributed by atoms with van der Waals surface area (Å²) >= 11 is 0. The number of amides is 1. The Balaban J connectivity index is 3.89. The monoisotopic (exact) mass is 181 g/mol. The summed E-state index contributed by atoms with van der Waals surface area (Å²) in [5, 5.41) is 0. The first-order chi connectivity index (χ1) is 6.26. The first-order valence-electron chi connectivity index (χ1n) is 5.01. The Morgan fingerprint density at radius 1 is 1.23 bits per heavy atom. The van der Waals surface area contributed by atoms with Crippen LogP contribution in [0.15, 0.2) is 0 Å². The average Bonchev–Trinajstić information content (AvgIpc) is 2.17. The largest absolute Gasteiger partial charge is 0.332 e. The van der Waals surface area contributed by atoms with E-state index in [4.69, 9.17) is 6.42 Å². The lowest BCUT2D eigenvalue weighted by Gasteiger charge is -2.19. The lowest BCUT2D eigenvalue weighted by atomic mass is 10.2. The van der Waals surface area contributed by atoms with Gasteiger partial charge in [0.25, 0.3) is 5.91 Å². The predicted molar refractivity (Wildman–Crippen MR) is 55.2 cm³/mol. The van der Waals surface area contributed by atoms with Crippen molar-refractivity contribution >= 4 is 5.91 Å². The highest BCUT2D eigenvalue weighted by Gasteiger charge is 2.08.